The Bertz CT molecular complexity index is 342. The lowest BCUT2D eigenvalue weighted by molar-refractivity contribution is -0.137. The van der Waals surface area contributed by atoms with Crippen molar-refractivity contribution in [2.24, 2.45) is 0 Å². The predicted molar refractivity (Wildman–Crippen MR) is 47.0 cm³/mol. The van der Waals surface area contributed by atoms with Gasteiger partial charge in [0.25, 0.3) is 0 Å². The molecule has 76 valence electrons. The highest BCUT2D eigenvalue weighted by atomic mass is 19.4. The van der Waals surface area contributed by atoms with E-state index in [2.05, 4.69) is 6.58 Å². The largest absolute Gasteiger partial charge is 0.508 e. The van der Waals surface area contributed by atoms with Crippen LogP contribution in [0.1, 0.15) is 11.1 Å². The number of hydrogen-bond acceptors (Lipinski definition) is 1. The van der Waals surface area contributed by atoms with E-state index in [0.717, 1.165) is 18.2 Å². The molecule has 0 saturated carbocycles. The van der Waals surface area contributed by atoms with Crippen molar-refractivity contribution in [3.8, 4) is 5.75 Å². The molecule has 0 heterocycles. The van der Waals surface area contributed by atoms with E-state index in [1.165, 1.54) is 6.08 Å². The van der Waals surface area contributed by atoms with Crippen molar-refractivity contribution in [2.45, 2.75) is 12.6 Å². The summed E-state index contributed by atoms with van der Waals surface area (Å²) in [6.07, 6.45) is -2.71. The van der Waals surface area contributed by atoms with Gasteiger partial charge in [-0.2, -0.15) is 13.2 Å². The first-order valence-electron chi connectivity index (χ1n) is 3.95. The molecule has 0 atom stereocenters. The van der Waals surface area contributed by atoms with Gasteiger partial charge in [-0.1, -0.05) is 6.08 Å². The third-order valence-electron chi connectivity index (χ3n) is 1.77. The highest BCUT2D eigenvalue weighted by molar-refractivity contribution is 5.38. The smallest absolute Gasteiger partial charge is 0.416 e. The fourth-order valence-corrected chi connectivity index (χ4v) is 1.08. The zero-order valence-corrected chi connectivity index (χ0v) is 7.30. The maximum absolute atomic E-state index is 12.2. The summed E-state index contributed by atoms with van der Waals surface area (Å²) in [6, 6.07) is 2.82. The third-order valence-corrected chi connectivity index (χ3v) is 1.77. The van der Waals surface area contributed by atoms with Gasteiger partial charge in [-0.15, -0.1) is 6.58 Å². The summed E-state index contributed by atoms with van der Waals surface area (Å²) in [6.45, 7) is 3.40. The van der Waals surface area contributed by atoms with Crippen LogP contribution in [-0.2, 0) is 12.6 Å². The molecule has 0 spiro atoms. The van der Waals surface area contributed by atoms with E-state index in [0.29, 0.717) is 0 Å². The lowest BCUT2D eigenvalue weighted by atomic mass is 10.1. The summed E-state index contributed by atoms with van der Waals surface area (Å²) >= 11 is 0. The Morgan fingerprint density at radius 2 is 2.00 bits per heavy atom. The summed E-state index contributed by atoms with van der Waals surface area (Å²) in [5.41, 5.74) is -0.526. The van der Waals surface area contributed by atoms with Gasteiger partial charge >= 0.3 is 6.18 Å². The minimum atomic E-state index is -4.37. The molecule has 0 bridgehead atoms. The van der Waals surface area contributed by atoms with Crippen LogP contribution >= 0.6 is 0 Å². The first-order valence-corrected chi connectivity index (χ1v) is 3.95. The van der Waals surface area contributed by atoms with Crippen LogP contribution in [0.25, 0.3) is 0 Å². The zero-order valence-electron chi connectivity index (χ0n) is 7.30. The molecule has 0 aromatic heterocycles. The SMILES string of the molecule is C=CCc1cc(C(F)(F)F)ccc1O. The first kappa shape index (κ1) is 10.6. The molecule has 0 aliphatic heterocycles. The van der Waals surface area contributed by atoms with Crippen molar-refractivity contribution < 1.29 is 18.3 Å². The van der Waals surface area contributed by atoms with E-state index in [4.69, 9.17) is 0 Å². The Morgan fingerprint density at radius 1 is 1.36 bits per heavy atom. The van der Waals surface area contributed by atoms with Gasteiger partial charge in [0.15, 0.2) is 0 Å². The Kier molecular flexibility index (Phi) is 2.84. The van der Waals surface area contributed by atoms with Gasteiger partial charge in [0.2, 0.25) is 0 Å². The summed E-state index contributed by atoms with van der Waals surface area (Å²) < 4.78 is 36.7. The van der Waals surface area contributed by atoms with Gasteiger partial charge in [-0.25, -0.2) is 0 Å². The molecule has 0 aliphatic rings. The van der Waals surface area contributed by atoms with E-state index in [9.17, 15) is 18.3 Å². The molecule has 1 nitrogen and oxygen atoms in total. The standard InChI is InChI=1S/C10H9F3O/c1-2-3-7-6-8(10(11,12)13)4-5-9(7)14/h2,4-6,14H,1,3H2. The molecule has 4 heteroatoms. The molecule has 0 amide bonds. The summed E-state index contributed by atoms with van der Waals surface area (Å²) in [4.78, 5) is 0. The number of aromatic hydroxyl groups is 1. The van der Waals surface area contributed by atoms with Gasteiger partial charge in [0.05, 0.1) is 5.56 Å². The summed E-state index contributed by atoms with van der Waals surface area (Å²) in [5.74, 6) is -0.141. The van der Waals surface area contributed by atoms with E-state index in [-0.39, 0.29) is 17.7 Å². The Hall–Kier alpha value is -1.45. The Morgan fingerprint density at radius 3 is 2.50 bits per heavy atom. The number of phenolic OH excluding ortho intramolecular Hbond substituents is 1. The lowest BCUT2D eigenvalue weighted by Crippen LogP contribution is -2.05. The van der Waals surface area contributed by atoms with Crippen LogP contribution in [0, 0.1) is 0 Å². The number of benzene rings is 1. The number of allylic oxidation sites excluding steroid dienone is 1. The molecule has 0 aliphatic carbocycles. The number of rotatable bonds is 2. The average Bonchev–Trinajstić information content (AvgIpc) is 2.07. The molecule has 0 saturated heterocycles. The molecule has 1 aromatic carbocycles. The van der Waals surface area contributed by atoms with Gasteiger partial charge in [-0.05, 0) is 30.2 Å². The first-order chi connectivity index (χ1) is 6.45. The maximum Gasteiger partial charge on any atom is 0.416 e. The quantitative estimate of drug-likeness (QED) is 0.730. The fourth-order valence-electron chi connectivity index (χ4n) is 1.08. The number of halogens is 3. The van der Waals surface area contributed by atoms with Crippen LogP contribution in [0.4, 0.5) is 13.2 Å². The second-order valence-corrected chi connectivity index (χ2v) is 2.83. The average molecular weight is 202 g/mol. The Balaban J connectivity index is 3.12. The monoisotopic (exact) mass is 202 g/mol. The predicted octanol–water partition coefficient (Wildman–Crippen LogP) is 3.14. The van der Waals surface area contributed by atoms with E-state index >= 15 is 0 Å². The molecule has 14 heavy (non-hydrogen) atoms. The van der Waals surface area contributed by atoms with Crippen LogP contribution in [-0.4, -0.2) is 5.11 Å². The van der Waals surface area contributed by atoms with Crippen molar-refractivity contribution in [3.63, 3.8) is 0 Å². The second kappa shape index (κ2) is 3.74. The summed E-state index contributed by atoms with van der Waals surface area (Å²) in [5, 5.41) is 9.22. The van der Waals surface area contributed by atoms with Crippen LogP contribution < -0.4 is 0 Å². The fraction of sp³-hybridized carbons (Fsp3) is 0.200. The normalized spacial score (nSPS) is 11.4. The molecule has 0 radical (unpaired) electrons. The number of alkyl halides is 3. The molecule has 1 N–H and O–H groups in total. The van der Waals surface area contributed by atoms with Crippen molar-refractivity contribution in [2.75, 3.05) is 0 Å². The van der Waals surface area contributed by atoms with Gasteiger partial charge in [0.1, 0.15) is 5.75 Å². The molecule has 1 aromatic rings. The van der Waals surface area contributed by atoms with Crippen LogP contribution in [0.5, 0.6) is 5.75 Å². The lowest BCUT2D eigenvalue weighted by Gasteiger charge is -2.09. The highest BCUT2D eigenvalue weighted by Crippen LogP contribution is 2.32. The molecular weight excluding hydrogens is 193 g/mol. The van der Waals surface area contributed by atoms with Crippen LogP contribution in [0.15, 0.2) is 30.9 Å². The van der Waals surface area contributed by atoms with Gasteiger partial charge in [-0.3, -0.25) is 0 Å². The van der Waals surface area contributed by atoms with E-state index < -0.39 is 11.7 Å². The van der Waals surface area contributed by atoms with Crippen LogP contribution in [0.2, 0.25) is 0 Å². The van der Waals surface area contributed by atoms with Crippen molar-refractivity contribution in [1.29, 1.82) is 0 Å². The van der Waals surface area contributed by atoms with Crippen molar-refractivity contribution in [3.05, 3.63) is 42.0 Å². The highest BCUT2D eigenvalue weighted by Gasteiger charge is 2.30. The van der Waals surface area contributed by atoms with Gasteiger partial charge < -0.3 is 5.11 Å². The molecule has 0 unspecified atom stereocenters. The molecule has 0 fully saturated rings. The zero-order chi connectivity index (χ0) is 10.8. The summed E-state index contributed by atoms with van der Waals surface area (Å²) in [7, 11) is 0. The van der Waals surface area contributed by atoms with Crippen LogP contribution in [0.3, 0.4) is 0 Å². The minimum Gasteiger partial charge on any atom is -0.508 e. The van der Waals surface area contributed by atoms with E-state index in [1.54, 1.807) is 0 Å². The third kappa shape index (κ3) is 2.28. The van der Waals surface area contributed by atoms with Gasteiger partial charge in [0, 0.05) is 0 Å². The molecular formula is C10H9F3O. The topological polar surface area (TPSA) is 20.2 Å². The number of phenols is 1. The van der Waals surface area contributed by atoms with Crippen molar-refractivity contribution >= 4 is 0 Å². The molecule has 1 rings (SSSR count). The number of hydrogen-bond donors (Lipinski definition) is 1. The minimum absolute atomic E-state index is 0.141. The second-order valence-electron chi connectivity index (χ2n) is 2.83. The van der Waals surface area contributed by atoms with E-state index in [1.807, 2.05) is 0 Å². The maximum atomic E-state index is 12.2. The van der Waals surface area contributed by atoms with Crippen molar-refractivity contribution in [1.82, 2.24) is 0 Å². The Labute approximate surface area is 79.5 Å².